The number of nitrogens with two attached hydrogens (primary N) is 4. The fraction of sp³-hybridized carbons (Fsp3) is 0.357. The summed E-state index contributed by atoms with van der Waals surface area (Å²) in [5, 5.41) is 25.7. The van der Waals surface area contributed by atoms with Gasteiger partial charge in [0.05, 0.1) is 0 Å². The van der Waals surface area contributed by atoms with Gasteiger partial charge in [-0.05, 0) is 32.0 Å². The molecule has 0 spiro atoms. The summed E-state index contributed by atoms with van der Waals surface area (Å²) in [6.07, 6.45) is 0.956. The van der Waals surface area contributed by atoms with E-state index in [0.29, 0.717) is 19.4 Å². The number of hydrogen-bond acceptors (Lipinski definition) is 6. The summed E-state index contributed by atoms with van der Waals surface area (Å²) in [5.41, 5.74) is 19.8. The first-order chi connectivity index (χ1) is 11.3. The molecule has 0 saturated heterocycles. The maximum atomic E-state index is 10.3. The van der Waals surface area contributed by atoms with Crippen molar-refractivity contribution in [3.63, 3.8) is 0 Å². The van der Waals surface area contributed by atoms with E-state index < -0.39 is 18.0 Å². The predicted octanol–water partition coefficient (Wildman–Crippen LogP) is -0.883. The second kappa shape index (κ2) is 13.8. The van der Waals surface area contributed by atoms with E-state index >= 15 is 0 Å². The number of carbonyl (C=O) groups is 2. The quantitative estimate of drug-likeness (QED) is 0.194. The van der Waals surface area contributed by atoms with E-state index in [2.05, 4.69) is 10.7 Å². The number of para-hydroxylation sites is 1. The number of aromatic hydroxyl groups is 1. The Morgan fingerprint density at radius 2 is 1.71 bits per heavy atom. The molecule has 0 heterocycles. The van der Waals surface area contributed by atoms with E-state index in [1.807, 2.05) is 0 Å². The van der Waals surface area contributed by atoms with Crippen molar-refractivity contribution >= 4 is 17.9 Å². The minimum atomic E-state index is -1.11. The molecule has 0 saturated carbocycles. The molecule has 10 nitrogen and oxygen atoms in total. The highest BCUT2D eigenvalue weighted by Gasteiger charge is 2.09. The van der Waals surface area contributed by atoms with Crippen LogP contribution in [0.5, 0.6) is 5.75 Å². The molecule has 136 valence electrons. The van der Waals surface area contributed by atoms with Crippen LogP contribution in [-0.2, 0) is 4.79 Å². The van der Waals surface area contributed by atoms with E-state index in [1.165, 1.54) is 19.2 Å². The van der Waals surface area contributed by atoms with Crippen LogP contribution < -0.4 is 22.9 Å². The van der Waals surface area contributed by atoms with Gasteiger partial charge >= 0.3 is 11.9 Å². The van der Waals surface area contributed by atoms with Gasteiger partial charge in [0.2, 0.25) is 0 Å². The van der Waals surface area contributed by atoms with Gasteiger partial charge in [-0.1, -0.05) is 12.1 Å². The Bertz CT molecular complexity index is 532. The number of phenols is 1. The van der Waals surface area contributed by atoms with Crippen molar-refractivity contribution in [1.82, 2.24) is 0 Å². The Hall–Kier alpha value is -2.85. The van der Waals surface area contributed by atoms with Crippen LogP contribution in [0.15, 0.2) is 29.3 Å². The monoisotopic (exact) mass is 343 g/mol. The van der Waals surface area contributed by atoms with Gasteiger partial charge in [0, 0.05) is 6.54 Å². The van der Waals surface area contributed by atoms with Crippen molar-refractivity contribution in [3.8, 4) is 5.75 Å². The van der Waals surface area contributed by atoms with Crippen molar-refractivity contribution in [2.75, 3.05) is 13.6 Å². The molecule has 0 bridgehead atoms. The fourth-order valence-electron chi connectivity index (χ4n) is 1.30. The highest BCUT2D eigenvalue weighted by Crippen LogP contribution is 2.14. The minimum absolute atomic E-state index is 0.0129. The molecule has 1 atom stereocenters. The van der Waals surface area contributed by atoms with Crippen LogP contribution in [0.3, 0.4) is 0 Å². The third-order valence-electron chi connectivity index (χ3n) is 2.42. The molecule has 1 rings (SSSR count). The van der Waals surface area contributed by atoms with Gasteiger partial charge in [0.15, 0.2) is 5.96 Å². The van der Waals surface area contributed by atoms with Crippen LogP contribution in [0.1, 0.15) is 23.2 Å². The highest BCUT2D eigenvalue weighted by atomic mass is 16.4. The van der Waals surface area contributed by atoms with E-state index in [9.17, 15) is 9.59 Å². The number of benzene rings is 1. The first-order valence-electron chi connectivity index (χ1n) is 6.88. The van der Waals surface area contributed by atoms with Crippen LogP contribution in [0.4, 0.5) is 0 Å². The third kappa shape index (κ3) is 11.8. The van der Waals surface area contributed by atoms with Gasteiger partial charge in [-0.3, -0.25) is 9.79 Å². The number of carboxylic acids is 2. The lowest BCUT2D eigenvalue weighted by atomic mass is 10.2. The molecule has 1 unspecified atom stereocenters. The second-order valence-electron chi connectivity index (χ2n) is 4.22. The summed E-state index contributed by atoms with van der Waals surface area (Å²) < 4.78 is 0. The predicted molar refractivity (Wildman–Crippen MR) is 90.7 cm³/mol. The van der Waals surface area contributed by atoms with E-state index in [4.69, 9.17) is 32.5 Å². The van der Waals surface area contributed by atoms with Gasteiger partial charge in [0.25, 0.3) is 0 Å². The Kier molecular flexibility index (Phi) is 13.5. The maximum Gasteiger partial charge on any atom is 0.339 e. The molecule has 1 aromatic rings. The molecule has 0 aliphatic carbocycles. The molecule has 0 aliphatic heterocycles. The molecule has 0 fully saturated rings. The number of nitrogens with zero attached hydrogens (tertiary/aromatic N) is 1. The Labute approximate surface area is 139 Å². The molecule has 0 amide bonds. The maximum absolute atomic E-state index is 10.3. The molecule has 10 heteroatoms. The number of rotatable bonds is 6. The van der Waals surface area contributed by atoms with Crippen molar-refractivity contribution in [2.45, 2.75) is 18.9 Å². The SMILES string of the molecule is CN.NC(N)=NCCCC(N)C(=O)O.O=C(O)c1ccccc1O. The van der Waals surface area contributed by atoms with Crippen LogP contribution in [-0.4, -0.2) is 52.9 Å². The molecule has 0 aromatic heterocycles. The molecule has 1 aromatic carbocycles. The summed E-state index contributed by atoms with van der Waals surface area (Å²) in [7, 11) is 1.50. The first kappa shape index (κ1) is 23.4. The average molecular weight is 343 g/mol. The van der Waals surface area contributed by atoms with Gasteiger partial charge in [-0.15, -0.1) is 0 Å². The summed E-state index contributed by atoms with van der Waals surface area (Å²) in [5.74, 6) is -2.30. The van der Waals surface area contributed by atoms with Crippen LogP contribution >= 0.6 is 0 Å². The standard InChI is InChI=1S/C7H6O3.C6H14N4O2.CH5N/c8-6-4-2-1-3-5(6)7(9)10;7-4(5(11)12)2-1-3-10-6(8)9;1-2/h1-4,8H,(H,9,10);4H,1-3,7H2,(H,11,12)(H4,8,9,10);2H2,1H3. The first-order valence-corrected chi connectivity index (χ1v) is 6.88. The zero-order valence-corrected chi connectivity index (χ0v) is 13.4. The summed E-state index contributed by atoms with van der Waals surface area (Å²) >= 11 is 0. The second-order valence-corrected chi connectivity index (χ2v) is 4.22. The minimum Gasteiger partial charge on any atom is -0.507 e. The molecule has 24 heavy (non-hydrogen) atoms. The van der Waals surface area contributed by atoms with Crippen molar-refractivity contribution in [3.05, 3.63) is 29.8 Å². The molecular weight excluding hydrogens is 318 g/mol. The Morgan fingerprint density at radius 1 is 1.17 bits per heavy atom. The largest absolute Gasteiger partial charge is 0.507 e. The van der Waals surface area contributed by atoms with Gasteiger partial charge in [-0.2, -0.15) is 0 Å². The van der Waals surface area contributed by atoms with Crippen molar-refractivity contribution in [1.29, 1.82) is 0 Å². The zero-order chi connectivity index (χ0) is 19.1. The van der Waals surface area contributed by atoms with Crippen molar-refractivity contribution in [2.24, 2.45) is 27.9 Å². The molecule has 0 aliphatic rings. The number of carboxylic acid groups (broad SMARTS) is 2. The average Bonchev–Trinajstić information content (AvgIpc) is 2.53. The fourth-order valence-corrected chi connectivity index (χ4v) is 1.30. The molecule has 0 radical (unpaired) electrons. The third-order valence-corrected chi connectivity index (χ3v) is 2.42. The molecule has 11 N–H and O–H groups in total. The van der Waals surface area contributed by atoms with Crippen LogP contribution in [0.2, 0.25) is 0 Å². The topological polar surface area (TPSA) is 211 Å². The number of hydrogen-bond donors (Lipinski definition) is 7. The lowest BCUT2D eigenvalue weighted by Gasteiger charge is -2.03. The normalized spacial score (nSPS) is 10.1. The summed E-state index contributed by atoms with van der Waals surface area (Å²) in [6.45, 7) is 0.420. The molecular formula is C14H25N5O5. The van der Waals surface area contributed by atoms with Gasteiger partial charge < -0.3 is 38.3 Å². The van der Waals surface area contributed by atoms with Crippen LogP contribution in [0, 0.1) is 0 Å². The van der Waals surface area contributed by atoms with Crippen LogP contribution in [0.25, 0.3) is 0 Å². The van der Waals surface area contributed by atoms with Crippen molar-refractivity contribution < 1.29 is 24.9 Å². The smallest absolute Gasteiger partial charge is 0.339 e. The van der Waals surface area contributed by atoms with E-state index in [0.717, 1.165) is 0 Å². The Morgan fingerprint density at radius 3 is 2.08 bits per heavy atom. The van der Waals surface area contributed by atoms with E-state index in [1.54, 1.807) is 12.1 Å². The lowest BCUT2D eigenvalue weighted by molar-refractivity contribution is -0.138. The number of aliphatic imine (C=N–C) groups is 1. The highest BCUT2D eigenvalue weighted by molar-refractivity contribution is 5.90. The summed E-state index contributed by atoms with van der Waals surface area (Å²) in [4.78, 5) is 24.2. The zero-order valence-electron chi connectivity index (χ0n) is 13.4. The lowest BCUT2D eigenvalue weighted by Crippen LogP contribution is -2.30. The Balaban J connectivity index is 0. The number of aliphatic carboxylic acids is 1. The van der Waals surface area contributed by atoms with Gasteiger partial charge in [0.1, 0.15) is 17.4 Å². The number of guanidine groups is 1. The van der Waals surface area contributed by atoms with Gasteiger partial charge in [-0.25, -0.2) is 4.79 Å². The summed E-state index contributed by atoms with van der Waals surface area (Å²) in [6, 6.07) is 4.99. The van der Waals surface area contributed by atoms with E-state index in [-0.39, 0.29) is 17.3 Å². The number of aromatic carboxylic acids is 1.